The highest BCUT2D eigenvalue weighted by molar-refractivity contribution is 5.88. The van der Waals surface area contributed by atoms with Gasteiger partial charge in [0.15, 0.2) is 11.5 Å². The molecule has 134 valence electrons. The average Bonchev–Trinajstić information content (AvgIpc) is 2.62. The van der Waals surface area contributed by atoms with E-state index in [-0.39, 0.29) is 18.1 Å². The van der Waals surface area contributed by atoms with Crippen molar-refractivity contribution in [2.24, 2.45) is 0 Å². The van der Waals surface area contributed by atoms with Crippen molar-refractivity contribution in [3.8, 4) is 23.0 Å². The number of methoxy groups -OCH3 is 1. The summed E-state index contributed by atoms with van der Waals surface area (Å²) in [6.45, 7) is 2.84. The Balaban J connectivity index is 2.01. The predicted molar refractivity (Wildman–Crippen MR) is 95.4 cm³/mol. The zero-order valence-corrected chi connectivity index (χ0v) is 14.7. The van der Waals surface area contributed by atoms with Gasteiger partial charge in [-0.3, -0.25) is 9.59 Å². The van der Waals surface area contributed by atoms with Gasteiger partial charge in [0.05, 0.1) is 7.11 Å². The molecule has 0 amide bonds. The highest BCUT2D eigenvalue weighted by Gasteiger charge is 2.23. The van der Waals surface area contributed by atoms with Crippen LogP contribution in [0.5, 0.6) is 23.0 Å². The van der Waals surface area contributed by atoms with Crippen molar-refractivity contribution in [2.45, 2.75) is 13.8 Å². The van der Waals surface area contributed by atoms with Gasteiger partial charge in [0.1, 0.15) is 12.4 Å². The summed E-state index contributed by atoms with van der Waals surface area (Å²) < 4.78 is 21.4. The first-order chi connectivity index (χ1) is 12.5. The van der Waals surface area contributed by atoms with Gasteiger partial charge in [0, 0.05) is 19.4 Å². The number of carbonyl (C=O) groups excluding carboxylic acids is 2. The molecule has 0 atom stereocenters. The van der Waals surface area contributed by atoms with Crippen LogP contribution >= 0.6 is 0 Å². The summed E-state index contributed by atoms with van der Waals surface area (Å²) in [4.78, 5) is 22.7. The van der Waals surface area contributed by atoms with Crippen LogP contribution < -0.4 is 18.9 Å². The lowest BCUT2D eigenvalue weighted by Crippen LogP contribution is -2.12. The average molecular weight is 354 g/mol. The molecule has 1 heterocycles. The van der Waals surface area contributed by atoms with Crippen molar-refractivity contribution >= 4 is 23.6 Å². The molecule has 0 aliphatic carbocycles. The van der Waals surface area contributed by atoms with Crippen LogP contribution in [0.1, 0.15) is 25.0 Å². The minimum Gasteiger partial charge on any atom is -0.497 e. The normalized spacial score (nSPS) is 12.3. The van der Waals surface area contributed by atoms with Crippen LogP contribution in [0.4, 0.5) is 0 Å². The molecule has 0 saturated carbocycles. The molecule has 2 aromatic rings. The standard InChI is InChI=1S/C20H18O6/c1-12(21)25-18-9-6-15-10-16(14-4-7-17(23-3)8-5-14)11-24-19(15)20(18)26-13(2)22/h4-10H,11H2,1-3H3. The Kier molecular flexibility index (Phi) is 4.93. The first-order valence-corrected chi connectivity index (χ1v) is 7.99. The SMILES string of the molecule is COc1ccc(C2=Cc3ccc(OC(C)=O)c(OC(C)=O)c3OC2)cc1. The van der Waals surface area contributed by atoms with Crippen molar-refractivity contribution in [3.05, 3.63) is 47.5 Å². The molecule has 6 heteroatoms. The first kappa shape index (κ1) is 17.5. The van der Waals surface area contributed by atoms with Gasteiger partial charge in [-0.2, -0.15) is 0 Å². The number of benzene rings is 2. The van der Waals surface area contributed by atoms with E-state index in [1.54, 1.807) is 19.2 Å². The number of hydrogen-bond donors (Lipinski definition) is 0. The van der Waals surface area contributed by atoms with Gasteiger partial charge in [-0.15, -0.1) is 0 Å². The summed E-state index contributed by atoms with van der Waals surface area (Å²) in [5.74, 6) is 0.359. The summed E-state index contributed by atoms with van der Waals surface area (Å²) >= 11 is 0. The quantitative estimate of drug-likeness (QED) is 0.618. The lowest BCUT2D eigenvalue weighted by atomic mass is 10.0. The largest absolute Gasteiger partial charge is 0.497 e. The molecule has 6 nitrogen and oxygen atoms in total. The number of ether oxygens (including phenoxy) is 4. The van der Waals surface area contributed by atoms with Crippen molar-refractivity contribution in [1.29, 1.82) is 0 Å². The number of carbonyl (C=O) groups is 2. The van der Waals surface area contributed by atoms with E-state index in [0.717, 1.165) is 22.4 Å². The lowest BCUT2D eigenvalue weighted by Gasteiger charge is -2.22. The van der Waals surface area contributed by atoms with Crippen LogP contribution in [0.15, 0.2) is 36.4 Å². The monoisotopic (exact) mass is 354 g/mol. The molecule has 0 unspecified atom stereocenters. The molecular formula is C20H18O6. The highest BCUT2D eigenvalue weighted by Crippen LogP contribution is 2.44. The molecule has 3 rings (SSSR count). The van der Waals surface area contributed by atoms with Crippen LogP contribution in [0, 0.1) is 0 Å². The minimum absolute atomic E-state index is 0.107. The van der Waals surface area contributed by atoms with Crippen LogP contribution in [-0.2, 0) is 9.59 Å². The van der Waals surface area contributed by atoms with E-state index in [2.05, 4.69) is 0 Å². The second-order valence-electron chi connectivity index (χ2n) is 5.69. The summed E-state index contributed by atoms with van der Waals surface area (Å²) in [6, 6.07) is 11.0. The van der Waals surface area contributed by atoms with Crippen molar-refractivity contribution in [2.75, 3.05) is 13.7 Å². The molecule has 0 aromatic heterocycles. The lowest BCUT2D eigenvalue weighted by molar-refractivity contribution is -0.134. The Labute approximate surface area is 150 Å². The Morgan fingerprint density at radius 3 is 2.27 bits per heavy atom. The molecule has 0 spiro atoms. The van der Waals surface area contributed by atoms with Crippen molar-refractivity contribution in [1.82, 2.24) is 0 Å². The Hall–Kier alpha value is -3.28. The number of rotatable bonds is 4. The number of hydrogen-bond acceptors (Lipinski definition) is 6. The van der Waals surface area contributed by atoms with Crippen LogP contribution in [0.25, 0.3) is 11.6 Å². The second kappa shape index (κ2) is 7.31. The maximum atomic E-state index is 11.4. The maximum absolute atomic E-state index is 11.4. The van der Waals surface area contributed by atoms with Crippen LogP contribution in [-0.4, -0.2) is 25.7 Å². The molecule has 0 N–H and O–H groups in total. The number of fused-ring (bicyclic) bond motifs is 1. The van der Waals surface area contributed by atoms with Gasteiger partial charge in [0.2, 0.25) is 5.75 Å². The molecule has 0 fully saturated rings. The summed E-state index contributed by atoms with van der Waals surface area (Å²) in [5, 5.41) is 0. The zero-order valence-electron chi connectivity index (χ0n) is 14.7. The molecule has 26 heavy (non-hydrogen) atoms. The predicted octanol–water partition coefficient (Wildman–Crippen LogP) is 3.48. The topological polar surface area (TPSA) is 71.1 Å². The van der Waals surface area contributed by atoms with Crippen molar-refractivity contribution in [3.63, 3.8) is 0 Å². The summed E-state index contributed by atoms with van der Waals surface area (Å²) in [6.07, 6.45) is 1.95. The van der Waals surface area contributed by atoms with Crippen LogP contribution in [0.3, 0.4) is 0 Å². The van der Waals surface area contributed by atoms with E-state index >= 15 is 0 Å². The van der Waals surface area contributed by atoms with Gasteiger partial charge in [-0.25, -0.2) is 0 Å². The van der Waals surface area contributed by atoms with Gasteiger partial charge >= 0.3 is 11.9 Å². The molecular weight excluding hydrogens is 336 g/mol. The summed E-state index contributed by atoms with van der Waals surface area (Å²) in [5.41, 5.74) is 2.69. The third-order valence-corrected chi connectivity index (χ3v) is 3.77. The fraction of sp³-hybridized carbons (Fsp3) is 0.200. The molecule has 0 radical (unpaired) electrons. The molecule has 1 aliphatic rings. The minimum atomic E-state index is -0.527. The van der Waals surface area contributed by atoms with E-state index in [9.17, 15) is 9.59 Å². The van der Waals surface area contributed by atoms with Gasteiger partial charge in [-0.05, 0) is 41.5 Å². The molecule has 0 saturated heterocycles. The fourth-order valence-electron chi connectivity index (χ4n) is 2.65. The first-order valence-electron chi connectivity index (χ1n) is 7.99. The van der Waals surface area contributed by atoms with E-state index in [1.165, 1.54) is 13.8 Å². The Morgan fingerprint density at radius 1 is 0.962 bits per heavy atom. The van der Waals surface area contributed by atoms with E-state index in [0.29, 0.717) is 5.75 Å². The van der Waals surface area contributed by atoms with Gasteiger partial charge in [-0.1, -0.05) is 12.1 Å². The Morgan fingerprint density at radius 2 is 1.65 bits per heavy atom. The highest BCUT2D eigenvalue weighted by atomic mass is 16.6. The smallest absolute Gasteiger partial charge is 0.308 e. The molecule has 2 aromatic carbocycles. The Bertz CT molecular complexity index is 880. The second-order valence-corrected chi connectivity index (χ2v) is 5.69. The molecule has 1 aliphatic heterocycles. The summed E-state index contributed by atoms with van der Waals surface area (Å²) in [7, 11) is 1.62. The van der Waals surface area contributed by atoms with Gasteiger partial charge in [0.25, 0.3) is 0 Å². The third kappa shape index (κ3) is 3.69. The number of esters is 2. The van der Waals surface area contributed by atoms with Crippen molar-refractivity contribution < 1.29 is 28.5 Å². The zero-order chi connectivity index (χ0) is 18.7. The van der Waals surface area contributed by atoms with E-state index < -0.39 is 11.9 Å². The fourth-order valence-corrected chi connectivity index (χ4v) is 2.65. The maximum Gasteiger partial charge on any atom is 0.308 e. The third-order valence-electron chi connectivity index (χ3n) is 3.77. The molecule has 0 bridgehead atoms. The van der Waals surface area contributed by atoms with Gasteiger partial charge < -0.3 is 18.9 Å². The van der Waals surface area contributed by atoms with E-state index in [4.69, 9.17) is 18.9 Å². The van der Waals surface area contributed by atoms with Crippen LogP contribution in [0.2, 0.25) is 0 Å². The van der Waals surface area contributed by atoms with E-state index in [1.807, 2.05) is 30.3 Å².